The van der Waals surface area contributed by atoms with Crippen molar-refractivity contribution in [3.8, 4) is 0 Å². The molecule has 0 rings (SSSR count). The average Bonchev–Trinajstić information content (AvgIpc) is 2.47. The molecule has 0 aromatic rings. The molecule has 0 bridgehead atoms. The zero-order chi connectivity index (χ0) is 16.7. The first-order valence-electron chi connectivity index (χ1n) is 9.72. The van der Waals surface area contributed by atoms with Gasteiger partial charge in [0.15, 0.2) is 0 Å². The van der Waals surface area contributed by atoms with E-state index in [0.717, 1.165) is 0 Å². The number of unbranched alkanes of at least 4 members (excludes halogenated alkanes) is 8. The molecule has 22 heavy (non-hydrogen) atoms. The summed E-state index contributed by atoms with van der Waals surface area (Å²) in [5.74, 6) is 0.655. The fourth-order valence-corrected chi connectivity index (χ4v) is 4.06. The van der Waals surface area contributed by atoms with Crippen LogP contribution in [0.5, 0.6) is 0 Å². The van der Waals surface area contributed by atoms with Crippen molar-refractivity contribution in [3.63, 3.8) is 0 Å². The first-order valence-corrected chi connectivity index (χ1v) is 11.3. The van der Waals surface area contributed by atoms with Crippen molar-refractivity contribution in [1.29, 1.82) is 0 Å². The van der Waals surface area contributed by atoms with E-state index < -0.39 is 0 Å². The molecule has 1 atom stereocenters. The van der Waals surface area contributed by atoms with Crippen LogP contribution in [0, 0.1) is 12.8 Å². The highest BCUT2D eigenvalue weighted by molar-refractivity contribution is 9.25. The summed E-state index contributed by atoms with van der Waals surface area (Å²) in [7, 11) is 0. The molecular formula is C20H39Br2. The molecule has 0 saturated carbocycles. The number of halogens is 2. The van der Waals surface area contributed by atoms with Crippen molar-refractivity contribution in [3.05, 3.63) is 6.92 Å². The van der Waals surface area contributed by atoms with Gasteiger partial charge < -0.3 is 0 Å². The van der Waals surface area contributed by atoms with E-state index in [0.29, 0.717) is 5.92 Å². The standard InChI is InChI=1S/C20H39Br2/c1-4-6-8-10-11-12-15-19(3)16-14-18-20(21,22)17-13-9-7-5-2/h19H,3-18H2,1-2H3. The van der Waals surface area contributed by atoms with Crippen LogP contribution in [0.1, 0.15) is 110 Å². The quantitative estimate of drug-likeness (QED) is 0.167. The Kier molecular flexibility index (Phi) is 16.2. The molecule has 0 aromatic heterocycles. The number of rotatable bonds is 16. The molecule has 0 spiro atoms. The van der Waals surface area contributed by atoms with Crippen LogP contribution < -0.4 is 0 Å². The third kappa shape index (κ3) is 15.8. The van der Waals surface area contributed by atoms with E-state index in [1.165, 1.54) is 96.3 Å². The highest BCUT2D eigenvalue weighted by Crippen LogP contribution is 2.38. The second-order valence-corrected chi connectivity index (χ2v) is 11.1. The Balaban J connectivity index is 3.50. The van der Waals surface area contributed by atoms with Gasteiger partial charge in [0.05, 0.1) is 3.23 Å². The number of hydrogen-bond donors (Lipinski definition) is 0. The Morgan fingerprint density at radius 1 is 0.682 bits per heavy atom. The molecule has 1 unspecified atom stereocenters. The fraction of sp³-hybridized carbons (Fsp3) is 0.950. The largest absolute Gasteiger partial charge is 0.0805 e. The van der Waals surface area contributed by atoms with E-state index >= 15 is 0 Å². The fourth-order valence-electron chi connectivity index (χ4n) is 2.94. The lowest BCUT2D eigenvalue weighted by Crippen LogP contribution is -2.11. The Labute approximate surface area is 157 Å². The lowest BCUT2D eigenvalue weighted by Gasteiger charge is -2.21. The Morgan fingerprint density at radius 2 is 1.14 bits per heavy atom. The normalized spacial score (nSPS) is 13.5. The molecule has 0 N–H and O–H groups in total. The SMILES string of the molecule is [CH2]C(CCCCCCCC)CCCC(Br)(Br)CCCCCC. The highest BCUT2D eigenvalue weighted by Gasteiger charge is 2.21. The predicted octanol–water partition coefficient (Wildman–Crippen LogP) is 8.81. The van der Waals surface area contributed by atoms with Gasteiger partial charge in [0, 0.05) is 0 Å². The number of alkyl halides is 2. The molecule has 0 nitrogen and oxygen atoms in total. The van der Waals surface area contributed by atoms with Crippen molar-refractivity contribution >= 4 is 31.9 Å². The molecule has 0 aliphatic rings. The van der Waals surface area contributed by atoms with Crippen LogP contribution >= 0.6 is 31.9 Å². The Morgan fingerprint density at radius 3 is 1.77 bits per heavy atom. The monoisotopic (exact) mass is 437 g/mol. The topological polar surface area (TPSA) is 0 Å². The van der Waals surface area contributed by atoms with E-state index in [4.69, 9.17) is 0 Å². The maximum absolute atomic E-state index is 4.35. The summed E-state index contributed by atoms with van der Waals surface area (Å²) in [5, 5.41) is 0. The molecule has 0 aliphatic carbocycles. The van der Waals surface area contributed by atoms with Crippen LogP contribution in [0.25, 0.3) is 0 Å². The summed E-state index contributed by atoms with van der Waals surface area (Å²) in [6.07, 6.45) is 20.1. The summed E-state index contributed by atoms with van der Waals surface area (Å²) < 4.78 is 0.174. The van der Waals surface area contributed by atoms with Gasteiger partial charge in [-0.1, -0.05) is 136 Å². The maximum atomic E-state index is 4.35. The molecule has 0 fully saturated rings. The van der Waals surface area contributed by atoms with Crippen LogP contribution in [-0.2, 0) is 0 Å². The van der Waals surface area contributed by atoms with Crippen LogP contribution in [0.4, 0.5) is 0 Å². The summed E-state index contributed by atoms with van der Waals surface area (Å²) in [5.41, 5.74) is 0. The van der Waals surface area contributed by atoms with Gasteiger partial charge in [0.1, 0.15) is 0 Å². The van der Waals surface area contributed by atoms with Gasteiger partial charge in [-0.15, -0.1) is 0 Å². The van der Waals surface area contributed by atoms with E-state index in [1.807, 2.05) is 0 Å². The summed E-state index contributed by atoms with van der Waals surface area (Å²) >= 11 is 7.74. The van der Waals surface area contributed by atoms with E-state index in [9.17, 15) is 0 Å². The highest BCUT2D eigenvalue weighted by atomic mass is 79.9. The zero-order valence-electron chi connectivity index (χ0n) is 15.1. The smallest absolute Gasteiger partial charge is 0.0727 e. The lowest BCUT2D eigenvalue weighted by molar-refractivity contribution is 0.461. The second-order valence-electron chi connectivity index (χ2n) is 6.98. The summed E-state index contributed by atoms with van der Waals surface area (Å²) in [6.45, 7) is 8.90. The van der Waals surface area contributed by atoms with Crippen LogP contribution in [0.15, 0.2) is 0 Å². The summed E-state index contributed by atoms with van der Waals surface area (Å²) in [4.78, 5) is 0. The van der Waals surface area contributed by atoms with Crippen molar-refractivity contribution in [2.75, 3.05) is 0 Å². The lowest BCUT2D eigenvalue weighted by atomic mass is 9.96. The molecule has 133 valence electrons. The average molecular weight is 439 g/mol. The molecule has 0 amide bonds. The van der Waals surface area contributed by atoms with E-state index in [2.05, 4.69) is 52.6 Å². The second kappa shape index (κ2) is 15.5. The van der Waals surface area contributed by atoms with Gasteiger partial charge >= 0.3 is 0 Å². The zero-order valence-corrected chi connectivity index (χ0v) is 18.3. The van der Waals surface area contributed by atoms with Gasteiger partial charge in [-0.05, 0) is 18.8 Å². The summed E-state index contributed by atoms with van der Waals surface area (Å²) in [6, 6.07) is 0. The van der Waals surface area contributed by atoms with Gasteiger partial charge in [0.25, 0.3) is 0 Å². The van der Waals surface area contributed by atoms with Gasteiger partial charge in [-0.25, -0.2) is 0 Å². The van der Waals surface area contributed by atoms with Gasteiger partial charge in [0.2, 0.25) is 0 Å². The minimum atomic E-state index is 0.174. The Hall–Kier alpha value is 0.960. The number of hydrogen-bond acceptors (Lipinski definition) is 0. The molecule has 0 heterocycles. The van der Waals surface area contributed by atoms with E-state index in [-0.39, 0.29) is 3.23 Å². The van der Waals surface area contributed by atoms with Crippen molar-refractivity contribution in [1.82, 2.24) is 0 Å². The first kappa shape index (κ1) is 23.0. The third-order valence-electron chi connectivity index (χ3n) is 4.52. The van der Waals surface area contributed by atoms with Crippen LogP contribution in [-0.4, -0.2) is 3.23 Å². The molecule has 0 saturated heterocycles. The van der Waals surface area contributed by atoms with Crippen LogP contribution in [0.2, 0.25) is 0 Å². The van der Waals surface area contributed by atoms with Crippen molar-refractivity contribution in [2.24, 2.45) is 5.92 Å². The minimum absolute atomic E-state index is 0.174. The molecule has 0 aliphatic heterocycles. The first-order chi connectivity index (χ1) is 10.5. The van der Waals surface area contributed by atoms with E-state index in [1.54, 1.807) is 0 Å². The predicted molar refractivity (Wildman–Crippen MR) is 110 cm³/mol. The van der Waals surface area contributed by atoms with Crippen molar-refractivity contribution < 1.29 is 0 Å². The Bertz CT molecular complexity index is 226. The molecular weight excluding hydrogens is 400 g/mol. The third-order valence-corrected chi connectivity index (χ3v) is 6.10. The van der Waals surface area contributed by atoms with Crippen LogP contribution in [0.3, 0.4) is 0 Å². The minimum Gasteiger partial charge on any atom is -0.0727 e. The van der Waals surface area contributed by atoms with Gasteiger partial charge in [-0.3, -0.25) is 0 Å². The van der Waals surface area contributed by atoms with Crippen molar-refractivity contribution in [2.45, 2.75) is 113 Å². The molecule has 0 aromatic carbocycles. The maximum Gasteiger partial charge on any atom is 0.0805 e. The molecule has 1 radical (unpaired) electrons. The van der Waals surface area contributed by atoms with Gasteiger partial charge in [-0.2, -0.15) is 0 Å². The molecule has 2 heteroatoms.